The standard InChI is InChI=1S/C8H12N2O2S.K/c1-6(2)7-3-4-8(10-5-7)13(9,11)12;/h3-6H,1-2H3,(H2,9,11,12);. The van der Waals surface area contributed by atoms with Crippen LogP contribution in [-0.4, -0.2) is 64.8 Å². The van der Waals surface area contributed by atoms with Crippen molar-refractivity contribution in [2.24, 2.45) is 5.14 Å². The zero-order valence-electron chi connectivity index (χ0n) is 8.56. The largest absolute Gasteiger partial charge is 0.255 e. The van der Waals surface area contributed by atoms with E-state index in [0.717, 1.165) is 5.56 Å². The average Bonchev–Trinajstić information content (AvgIpc) is 2.03. The zero-order chi connectivity index (χ0) is 10.1. The van der Waals surface area contributed by atoms with Crippen LogP contribution in [0.15, 0.2) is 23.4 Å². The van der Waals surface area contributed by atoms with Crippen molar-refractivity contribution < 1.29 is 8.42 Å². The van der Waals surface area contributed by atoms with Crippen LogP contribution in [-0.2, 0) is 10.0 Å². The number of hydrogen-bond donors (Lipinski definition) is 1. The summed E-state index contributed by atoms with van der Waals surface area (Å²) in [4.78, 5) is 3.76. The summed E-state index contributed by atoms with van der Waals surface area (Å²) in [6, 6.07) is 3.14. The zero-order valence-corrected chi connectivity index (χ0v) is 12.5. The molecule has 1 aromatic heterocycles. The fourth-order valence-corrected chi connectivity index (χ4v) is 1.36. The maximum absolute atomic E-state index is 10.8. The van der Waals surface area contributed by atoms with Gasteiger partial charge in [0.05, 0.1) is 0 Å². The molecule has 0 aliphatic heterocycles. The van der Waals surface area contributed by atoms with Crippen molar-refractivity contribution in [2.45, 2.75) is 24.8 Å². The Morgan fingerprint density at radius 3 is 2.21 bits per heavy atom. The van der Waals surface area contributed by atoms with Crippen molar-refractivity contribution in [3.63, 3.8) is 0 Å². The van der Waals surface area contributed by atoms with E-state index in [2.05, 4.69) is 4.98 Å². The van der Waals surface area contributed by atoms with Gasteiger partial charge in [-0.1, -0.05) is 19.9 Å². The second-order valence-corrected chi connectivity index (χ2v) is 4.64. The molecule has 0 aromatic carbocycles. The molecule has 0 saturated carbocycles. The Labute approximate surface area is 127 Å². The van der Waals surface area contributed by atoms with Crippen molar-refractivity contribution in [3.05, 3.63) is 23.9 Å². The van der Waals surface area contributed by atoms with E-state index < -0.39 is 10.0 Å². The predicted molar refractivity (Wildman–Crippen MR) is 55.5 cm³/mol. The van der Waals surface area contributed by atoms with E-state index in [1.165, 1.54) is 12.3 Å². The molecular weight excluding hydrogens is 227 g/mol. The van der Waals surface area contributed by atoms with Gasteiger partial charge in [0.25, 0.3) is 10.0 Å². The van der Waals surface area contributed by atoms with E-state index in [1.54, 1.807) is 6.07 Å². The van der Waals surface area contributed by atoms with Crippen LogP contribution in [0.5, 0.6) is 0 Å². The molecule has 73 valence electrons. The topological polar surface area (TPSA) is 73.1 Å². The molecular formula is C8H12KN2O2S. The van der Waals surface area contributed by atoms with E-state index in [-0.39, 0.29) is 56.4 Å². The summed E-state index contributed by atoms with van der Waals surface area (Å²) >= 11 is 0. The van der Waals surface area contributed by atoms with Gasteiger partial charge in [0.1, 0.15) is 0 Å². The first-order chi connectivity index (χ1) is 5.91. The Bertz CT molecular complexity index is 386. The molecule has 4 nitrogen and oxygen atoms in total. The summed E-state index contributed by atoms with van der Waals surface area (Å²) in [6.07, 6.45) is 1.53. The third kappa shape index (κ3) is 4.06. The Balaban J connectivity index is 0.00000169. The molecule has 1 aromatic rings. The number of nitrogens with two attached hydrogens (primary N) is 1. The second-order valence-electron chi connectivity index (χ2n) is 3.13. The van der Waals surface area contributed by atoms with Crippen molar-refractivity contribution in [1.29, 1.82) is 0 Å². The van der Waals surface area contributed by atoms with E-state index >= 15 is 0 Å². The summed E-state index contributed by atoms with van der Waals surface area (Å²) in [5, 5.41) is 4.81. The number of hydrogen-bond acceptors (Lipinski definition) is 3. The fraction of sp³-hybridized carbons (Fsp3) is 0.375. The van der Waals surface area contributed by atoms with Gasteiger partial charge in [-0.2, -0.15) is 0 Å². The molecule has 0 unspecified atom stereocenters. The number of nitrogens with zero attached hydrogens (tertiary/aromatic N) is 1. The van der Waals surface area contributed by atoms with E-state index in [4.69, 9.17) is 5.14 Å². The summed E-state index contributed by atoms with van der Waals surface area (Å²) in [7, 11) is -3.66. The Hall–Kier alpha value is 0.696. The van der Waals surface area contributed by atoms with E-state index in [0.29, 0.717) is 5.92 Å². The van der Waals surface area contributed by atoms with Gasteiger partial charge in [0.2, 0.25) is 0 Å². The Kier molecular flexibility index (Phi) is 5.97. The normalized spacial score (nSPS) is 11.1. The molecule has 1 heterocycles. The van der Waals surface area contributed by atoms with Gasteiger partial charge in [-0.15, -0.1) is 0 Å². The van der Waals surface area contributed by atoms with Crippen molar-refractivity contribution in [3.8, 4) is 0 Å². The van der Waals surface area contributed by atoms with Crippen LogP contribution in [0.4, 0.5) is 0 Å². The molecule has 14 heavy (non-hydrogen) atoms. The van der Waals surface area contributed by atoms with E-state index in [9.17, 15) is 8.42 Å². The molecule has 1 rings (SSSR count). The molecule has 0 fully saturated rings. The molecule has 0 saturated heterocycles. The van der Waals surface area contributed by atoms with Gasteiger partial charge >= 0.3 is 0 Å². The number of aromatic nitrogens is 1. The first-order valence-electron chi connectivity index (χ1n) is 3.90. The molecule has 2 N–H and O–H groups in total. The number of sulfonamides is 1. The molecule has 6 heteroatoms. The maximum Gasteiger partial charge on any atom is 0.255 e. The average molecular weight is 239 g/mol. The second kappa shape index (κ2) is 5.69. The van der Waals surface area contributed by atoms with Gasteiger partial charge in [-0.3, -0.25) is 0 Å². The minimum absolute atomic E-state index is 0. The molecule has 0 spiro atoms. The summed E-state index contributed by atoms with van der Waals surface area (Å²) in [6.45, 7) is 4.02. The van der Waals surface area contributed by atoms with Gasteiger partial charge in [-0.25, -0.2) is 18.5 Å². The summed E-state index contributed by atoms with van der Waals surface area (Å²) in [5.41, 5.74) is 0.993. The van der Waals surface area contributed by atoms with Crippen LogP contribution < -0.4 is 5.14 Å². The maximum atomic E-state index is 10.8. The number of primary sulfonamides is 1. The summed E-state index contributed by atoms with van der Waals surface area (Å²) < 4.78 is 21.7. The fourth-order valence-electron chi connectivity index (χ4n) is 0.902. The summed E-state index contributed by atoms with van der Waals surface area (Å²) in [5.74, 6) is 0.335. The minimum atomic E-state index is -3.66. The smallest absolute Gasteiger partial charge is 0.243 e. The van der Waals surface area contributed by atoms with Crippen LogP contribution in [0.1, 0.15) is 25.3 Å². The third-order valence-corrected chi connectivity index (χ3v) is 2.54. The first kappa shape index (κ1) is 14.7. The molecule has 0 bridgehead atoms. The predicted octanol–water partition coefficient (Wildman–Crippen LogP) is 0.472. The Morgan fingerprint density at radius 1 is 1.36 bits per heavy atom. The molecule has 1 radical (unpaired) electrons. The van der Waals surface area contributed by atoms with Crippen LogP contribution in [0, 0.1) is 0 Å². The monoisotopic (exact) mass is 239 g/mol. The number of rotatable bonds is 2. The molecule has 0 amide bonds. The van der Waals surface area contributed by atoms with E-state index in [1.807, 2.05) is 13.8 Å². The quantitative estimate of drug-likeness (QED) is 0.763. The first-order valence-corrected chi connectivity index (χ1v) is 5.44. The minimum Gasteiger partial charge on any atom is -0.243 e. The van der Waals surface area contributed by atoms with Gasteiger partial charge in [0, 0.05) is 57.6 Å². The van der Waals surface area contributed by atoms with Gasteiger partial charge < -0.3 is 0 Å². The van der Waals surface area contributed by atoms with Crippen LogP contribution in [0.25, 0.3) is 0 Å². The third-order valence-electron chi connectivity index (χ3n) is 1.72. The van der Waals surface area contributed by atoms with Crippen molar-refractivity contribution in [2.75, 3.05) is 0 Å². The van der Waals surface area contributed by atoms with Gasteiger partial charge in [-0.05, 0) is 17.5 Å². The molecule has 0 atom stereocenters. The van der Waals surface area contributed by atoms with Crippen LogP contribution in [0.3, 0.4) is 0 Å². The van der Waals surface area contributed by atoms with Crippen molar-refractivity contribution in [1.82, 2.24) is 4.98 Å². The number of pyridine rings is 1. The SMILES string of the molecule is CC(C)c1ccc(S(N)(=O)=O)nc1.[K]. The Morgan fingerprint density at radius 2 is 1.93 bits per heavy atom. The van der Waals surface area contributed by atoms with Crippen LogP contribution >= 0.6 is 0 Å². The van der Waals surface area contributed by atoms with Crippen LogP contribution in [0.2, 0.25) is 0 Å². The molecule has 0 aliphatic rings. The van der Waals surface area contributed by atoms with Crippen molar-refractivity contribution >= 4 is 61.4 Å². The van der Waals surface area contributed by atoms with Gasteiger partial charge in [0.15, 0.2) is 5.03 Å². The molecule has 0 aliphatic carbocycles.